The first kappa shape index (κ1) is 29.8. The number of ether oxygens (including phenoxy) is 2. The van der Waals surface area contributed by atoms with E-state index in [4.69, 9.17) is 16.0 Å². The molecule has 230 valence electrons. The maximum atomic E-state index is 12.9. The van der Waals surface area contributed by atoms with E-state index < -0.39 is 5.60 Å². The van der Waals surface area contributed by atoms with Gasteiger partial charge in [-0.05, 0) is 76.1 Å². The van der Waals surface area contributed by atoms with Crippen molar-refractivity contribution < 1.29 is 14.3 Å². The maximum Gasteiger partial charge on any atom is 0.407 e. The lowest BCUT2D eigenvalue weighted by Crippen LogP contribution is -2.41. The summed E-state index contributed by atoms with van der Waals surface area (Å²) in [6, 6.07) is 14.7. The first-order chi connectivity index (χ1) is 21.6. The van der Waals surface area contributed by atoms with E-state index in [0.29, 0.717) is 47.6 Å². The Hall–Kier alpha value is -5.24. The number of hydrogen-bond donors (Lipinski definition) is 1. The van der Waals surface area contributed by atoms with E-state index in [2.05, 4.69) is 25.1 Å². The maximum absolute atomic E-state index is 12.9. The number of nitrogens with one attached hydrogen (secondary N) is 1. The Morgan fingerprint density at radius 3 is 2.58 bits per heavy atom. The summed E-state index contributed by atoms with van der Waals surface area (Å²) in [7, 11) is 0. The fourth-order valence-corrected chi connectivity index (χ4v) is 5.64. The molecule has 0 atom stereocenters. The summed E-state index contributed by atoms with van der Waals surface area (Å²) in [5, 5.41) is 2.98. The molecule has 5 aromatic rings. The fraction of sp³-hybridized carbons (Fsp3) is 0.353. The van der Waals surface area contributed by atoms with Crippen molar-refractivity contribution in [3.05, 3.63) is 94.5 Å². The SMILES string of the molecule is [C-]#[N+]c1ccc2nc3n(Cc4cccc(-c5ncc(OCC6CCC(NC(=O)OC(C)(C)C)CC6)cn5)c4)c(=O)ccn3c2c1. The van der Waals surface area contributed by atoms with Crippen LogP contribution in [0.5, 0.6) is 5.75 Å². The highest BCUT2D eigenvalue weighted by atomic mass is 16.6. The van der Waals surface area contributed by atoms with Gasteiger partial charge in [0, 0.05) is 23.9 Å². The number of hydrogen-bond acceptors (Lipinski definition) is 7. The van der Waals surface area contributed by atoms with Crippen LogP contribution >= 0.6 is 0 Å². The van der Waals surface area contributed by atoms with Gasteiger partial charge in [0.2, 0.25) is 5.78 Å². The van der Waals surface area contributed by atoms with Crippen LogP contribution in [0, 0.1) is 12.5 Å². The minimum absolute atomic E-state index is 0.124. The van der Waals surface area contributed by atoms with E-state index in [1.165, 1.54) is 6.07 Å². The Kier molecular flexibility index (Phi) is 8.22. The van der Waals surface area contributed by atoms with Gasteiger partial charge in [0.05, 0.1) is 43.2 Å². The van der Waals surface area contributed by atoms with Gasteiger partial charge in [-0.25, -0.2) is 24.6 Å². The van der Waals surface area contributed by atoms with Crippen molar-refractivity contribution in [1.82, 2.24) is 29.2 Å². The number of nitrogens with zero attached hydrogens (tertiary/aromatic N) is 6. The van der Waals surface area contributed by atoms with Crippen LogP contribution in [0.25, 0.3) is 33.0 Å². The molecule has 6 rings (SSSR count). The predicted molar refractivity (Wildman–Crippen MR) is 170 cm³/mol. The molecule has 2 aromatic carbocycles. The smallest absolute Gasteiger partial charge is 0.407 e. The molecule has 1 N–H and O–H groups in total. The van der Waals surface area contributed by atoms with Crippen molar-refractivity contribution in [1.29, 1.82) is 0 Å². The summed E-state index contributed by atoms with van der Waals surface area (Å²) in [5.74, 6) is 2.07. The molecule has 0 spiro atoms. The van der Waals surface area contributed by atoms with Gasteiger partial charge in [0.1, 0.15) is 5.60 Å². The zero-order valence-corrected chi connectivity index (χ0v) is 25.6. The topological polar surface area (TPSA) is 117 Å². The van der Waals surface area contributed by atoms with Crippen LogP contribution < -0.4 is 15.6 Å². The first-order valence-electron chi connectivity index (χ1n) is 15.1. The van der Waals surface area contributed by atoms with E-state index in [0.717, 1.165) is 42.3 Å². The highest BCUT2D eigenvalue weighted by Gasteiger charge is 2.25. The summed E-state index contributed by atoms with van der Waals surface area (Å²) in [4.78, 5) is 42.2. The quantitative estimate of drug-likeness (QED) is 0.221. The van der Waals surface area contributed by atoms with Gasteiger partial charge in [-0.1, -0.05) is 24.3 Å². The lowest BCUT2D eigenvalue weighted by Gasteiger charge is -2.30. The van der Waals surface area contributed by atoms with Crippen LogP contribution in [0.2, 0.25) is 0 Å². The molecule has 3 aromatic heterocycles. The van der Waals surface area contributed by atoms with Crippen LogP contribution in [0.3, 0.4) is 0 Å². The molecule has 0 radical (unpaired) electrons. The van der Waals surface area contributed by atoms with Crippen molar-refractivity contribution >= 4 is 28.6 Å². The molecule has 45 heavy (non-hydrogen) atoms. The number of carbonyl (C=O) groups is 1. The summed E-state index contributed by atoms with van der Waals surface area (Å²) in [6.07, 6.45) is 8.39. The summed E-state index contributed by atoms with van der Waals surface area (Å²) < 4.78 is 14.8. The average Bonchev–Trinajstić information content (AvgIpc) is 3.39. The number of fused-ring (bicyclic) bond motifs is 3. The molecule has 0 unspecified atom stereocenters. The van der Waals surface area contributed by atoms with E-state index in [1.54, 1.807) is 41.4 Å². The minimum Gasteiger partial charge on any atom is -0.490 e. The number of aromatic nitrogens is 5. The van der Waals surface area contributed by atoms with Crippen LogP contribution in [0.1, 0.15) is 52.0 Å². The molecule has 11 heteroatoms. The molecule has 1 aliphatic carbocycles. The van der Waals surface area contributed by atoms with Gasteiger partial charge < -0.3 is 14.8 Å². The summed E-state index contributed by atoms with van der Waals surface area (Å²) >= 11 is 0. The molecule has 0 aliphatic heterocycles. The molecular formula is C34H35N7O4. The molecule has 0 bridgehead atoms. The second-order valence-corrected chi connectivity index (χ2v) is 12.4. The third-order valence-electron chi connectivity index (χ3n) is 7.86. The van der Waals surface area contributed by atoms with Crippen molar-refractivity contribution in [3.63, 3.8) is 0 Å². The monoisotopic (exact) mass is 605 g/mol. The second kappa shape index (κ2) is 12.4. The number of amides is 1. The van der Waals surface area contributed by atoms with Gasteiger partial charge in [-0.15, -0.1) is 0 Å². The lowest BCUT2D eigenvalue weighted by atomic mass is 9.86. The number of rotatable bonds is 7. The number of imidazole rings is 1. The molecule has 3 heterocycles. The molecule has 1 aliphatic rings. The van der Waals surface area contributed by atoms with Gasteiger partial charge in [-0.3, -0.25) is 13.8 Å². The van der Waals surface area contributed by atoms with E-state index in [-0.39, 0.29) is 17.7 Å². The number of alkyl carbamates (subject to hydrolysis) is 1. The van der Waals surface area contributed by atoms with Crippen molar-refractivity contribution in [3.8, 4) is 17.1 Å². The molecule has 1 saturated carbocycles. The zero-order valence-electron chi connectivity index (χ0n) is 25.6. The summed E-state index contributed by atoms with van der Waals surface area (Å²) in [5.41, 5.74) is 3.06. The normalized spacial score (nSPS) is 16.8. The fourth-order valence-electron chi connectivity index (χ4n) is 5.64. The standard InChI is InChI=1S/C34H35N7O4/c1-34(2,3)45-33(43)38-25-10-8-22(9-11-25)21-44-27-18-36-31(37-19-27)24-7-5-6-23(16-24)20-41-30(42)14-15-40-29-17-26(35-4)12-13-28(29)39-32(40)41/h5-7,12-19,22,25H,8-11,20-21H2,1-3H3,(H,38,43). The molecular weight excluding hydrogens is 570 g/mol. The average molecular weight is 606 g/mol. The van der Waals surface area contributed by atoms with E-state index >= 15 is 0 Å². The van der Waals surface area contributed by atoms with Crippen molar-refractivity contribution in [2.45, 2.75) is 64.6 Å². The van der Waals surface area contributed by atoms with Gasteiger partial charge in [0.15, 0.2) is 17.3 Å². The number of carbonyl (C=O) groups excluding carboxylic acids is 1. The Morgan fingerprint density at radius 2 is 1.84 bits per heavy atom. The Bertz CT molecular complexity index is 1940. The van der Waals surface area contributed by atoms with Crippen LogP contribution in [-0.4, -0.2) is 48.3 Å². The summed E-state index contributed by atoms with van der Waals surface area (Å²) in [6.45, 7) is 13.8. The lowest BCUT2D eigenvalue weighted by molar-refractivity contribution is 0.0483. The van der Waals surface area contributed by atoms with Gasteiger partial charge in [-0.2, -0.15) is 0 Å². The Labute approximate surface area is 260 Å². The van der Waals surface area contributed by atoms with Crippen LogP contribution in [0.15, 0.2) is 71.9 Å². The predicted octanol–water partition coefficient (Wildman–Crippen LogP) is 6.17. The molecule has 1 amide bonds. The largest absolute Gasteiger partial charge is 0.490 e. The van der Waals surface area contributed by atoms with Crippen LogP contribution in [0.4, 0.5) is 10.5 Å². The first-order valence-corrected chi connectivity index (χ1v) is 15.1. The second-order valence-electron chi connectivity index (χ2n) is 12.4. The highest BCUT2D eigenvalue weighted by Crippen LogP contribution is 2.27. The third-order valence-corrected chi connectivity index (χ3v) is 7.86. The Morgan fingerprint density at radius 1 is 1.07 bits per heavy atom. The van der Waals surface area contributed by atoms with Crippen molar-refractivity contribution in [2.24, 2.45) is 5.92 Å². The van der Waals surface area contributed by atoms with E-state index in [9.17, 15) is 9.59 Å². The highest BCUT2D eigenvalue weighted by molar-refractivity contribution is 5.83. The molecule has 11 nitrogen and oxygen atoms in total. The Balaban J connectivity index is 1.08. The molecule has 0 saturated heterocycles. The van der Waals surface area contributed by atoms with E-state index in [1.807, 2.05) is 49.4 Å². The minimum atomic E-state index is -0.506. The van der Waals surface area contributed by atoms with Gasteiger partial charge >= 0.3 is 6.09 Å². The van der Waals surface area contributed by atoms with Crippen LogP contribution in [-0.2, 0) is 11.3 Å². The third kappa shape index (κ3) is 6.96. The zero-order chi connectivity index (χ0) is 31.6. The molecule has 1 fully saturated rings. The number of benzene rings is 2. The van der Waals surface area contributed by atoms with Crippen molar-refractivity contribution in [2.75, 3.05) is 6.61 Å². The van der Waals surface area contributed by atoms with Gasteiger partial charge in [0.25, 0.3) is 5.56 Å².